The van der Waals surface area contributed by atoms with Crippen molar-refractivity contribution in [3.63, 3.8) is 0 Å². The lowest BCUT2D eigenvalue weighted by Gasteiger charge is -2.32. The van der Waals surface area contributed by atoms with Gasteiger partial charge in [-0.05, 0) is 18.1 Å². The van der Waals surface area contributed by atoms with E-state index in [0.717, 1.165) is 5.56 Å². The van der Waals surface area contributed by atoms with Gasteiger partial charge < -0.3 is 5.73 Å². The Bertz CT molecular complexity index is 685. The standard InChI is InChI=1S/C15H15N3O4/c16-9-3-1-2-8-6-18(14(13(8)9)11(20)7-19)10-4-5-12(21)17-15(10)22/h1-3,7,10,14H,4-6,16H2,(H,17,21,22). The van der Waals surface area contributed by atoms with E-state index in [1.54, 1.807) is 17.0 Å². The van der Waals surface area contributed by atoms with Crippen LogP contribution in [0.4, 0.5) is 5.69 Å². The third-order valence-electron chi connectivity index (χ3n) is 4.18. The number of fused-ring (bicyclic) bond motifs is 1. The van der Waals surface area contributed by atoms with Crippen molar-refractivity contribution < 1.29 is 19.2 Å². The van der Waals surface area contributed by atoms with Crippen LogP contribution in [-0.2, 0) is 25.7 Å². The molecule has 1 aromatic carbocycles. The molecule has 0 aliphatic carbocycles. The second-order valence-corrected chi connectivity index (χ2v) is 5.48. The van der Waals surface area contributed by atoms with Gasteiger partial charge >= 0.3 is 0 Å². The number of carbonyl (C=O) groups is 4. The zero-order valence-corrected chi connectivity index (χ0v) is 11.7. The second-order valence-electron chi connectivity index (χ2n) is 5.48. The fourth-order valence-electron chi connectivity index (χ4n) is 3.22. The van der Waals surface area contributed by atoms with Crippen molar-refractivity contribution >= 4 is 29.6 Å². The van der Waals surface area contributed by atoms with E-state index in [1.165, 1.54) is 0 Å². The monoisotopic (exact) mass is 301 g/mol. The van der Waals surface area contributed by atoms with E-state index < -0.39 is 23.8 Å². The number of hydrogen-bond acceptors (Lipinski definition) is 6. The number of nitrogen functional groups attached to an aromatic ring is 1. The average Bonchev–Trinajstić information content (AvgIpc) is 2.87. The maximum atomic E-state index is 12.1. The molecule has 2 unspecified atom stereocenters. The van der Waals surface area contributed by atoms with E-state index in [0.29, 0.717) is 24.2 Å². The number of nitrogens with two attached hydrogens (primary N) is 1. The number of Topliss-reactive ketones (excluding diaryl/α,β-unsaturated/α-hetero) is 1. The van der Waals surface area contributed by atoms with Gasteiger partial charge in [-0.3, -0.25) is 29.4 Å². The van der Waals surface area contributed by atoms with Gasteiger partial charge in [0.05, 0.1) is 6.04 Å². The second kappa shape index (κ2) is 5.34. The molecule has 2 amide bonds. The SMILES string of the molecule is Nc1cccc2c1C(C(=O)C=O)N(C1CCC(=O)NC1=O)C2. The Labute approximate surface area is 126 Å². The van der Waals surface area contributed by atoms with Crippen LogP contribution in [0.15, 0.2) is 18.2 Å². The van der Waals surface area contributed by atoms with Crippen molar-refractivity contribution in [1.82, 2.24) is 10.2 Å². The number of aldehydes is 1. The molecule has 2 heterocycles. The van der Waals surface area contributed by atoms with Gasteiger partial charge in [0.25, 0.3) is 0 Å². The lowest BCUT2D eigenvalue weighted by Crippen LogP contribution is -2.52. The summed E-state index contributed by atoms with van der Waals surface area (Å²) in [7, 11) is 0. The van der Waals surface area contributed by atoms with Gasteiger partial charge in [-0.2, -0.15) is 0 Å². The minimum Gasteiger partial charge on any atom is -0.398 e. The number of nitrogens with zero attached hydrogens (tertiary/aromatic N) is 1. The first-order valence-corrected chi connectivity index (χ1v) is 6.98. The Kier molecular flexibility index (Phi) is 3.50. The lowest BCUT2D eigenvalue weighted by molar-refractivity contribution is -0.141. The maximum absolute atomic E-state index is 12.1. The topological polar surface area (TPSA) is 110 Å². The number of piperidine rings is 1. The van der Waals surface area contributed by atoms with Gasteiger partial charge in [-0.15, -0.1) is 0 Å². The Morgan fingerprint density at radius 2 is 2.14 bits per heavy atom. The summed E-state index contributed by atoms with van der Waals surface area (Å²) in [5, 5.41) is 2.27. The van der Waals surface area contributed by atoms with Crippen molar-refractivity contribution in [2.24, 2.45) is 0 Å². The molecule has 7 heteroatoms. The van der Waals surface area contributed by atoms with E-state index in [9.17, 15) is 19.2 Å². The lowest BCUT2D eigenvalue weighted by atomic mass is 9.98. The molecule has 1 saturated heterocycles. The van der Waals surface area contributed by atoms with Crippen molar-refractivity contribution in [2.75, 3.05) is 5.73 Å². The first kappa shape index (κ1) is 14.4. The Balaban J connectivity index is 2.00. The molecule has 7 nitrogen and oxygen atoms in total. The average molecular weight is 301 g/mol. The molecule has 22 heavy (non-hydrogen) atoms. The predicted octanol–water partition coefficient (Wildman–Crippen LogP) is -0.301. The van der Waals surface area contributed by atoms with Gasteiger partial charge in [0.2, 0.25) is 17.6 Å². The van der Waals surface area contributed by atoms with Gasteiger partial charge in [0.15, 0.2) is 6.29 Å². The van der Waals surface area contributed by atoms with Crippen molar-refractivity contribution in [2.45, 2.75) is 31.5 Å². The van der Waals surface area contributed by atoms with Gasteiger partial charge in [-0.1, -0.05) is 12.1 Å². The number of rotatable bonds is 3. The van der Waals surface area contributed by atoms with E-state index in [1.807, 2.05) is 6.07 Å². The van der Waals surface area contributed by atoms with Crippen molar-refractivity contribution in [3.8, 4) is 0 Å². The third kappa shape index (κ3) is 2.19. The highest BCUT2D eigenvalue weighted by Gasteiger charge is 2.44. The molecule has 0 bridgehead atoms. The molecule has 114 valence electrons. The minimum atomic E-state index is -0.863. The van der Waals surface area contributed by atoms with Crippen molar-refractivity contribution in [1.29, 1.82) is 0 Å². The number of anilines is 1. The molecular weight excluding hydrogens is 286 g/mol. The van der Waals surface area contributed by atoms with Crippen LogP contribution in [-0.4, -0.2) is 34.8 Å². The number of imide groups is 1. The van der Waals surface area contributed by atoms with Crippen LogP contribution < -0.4 is 11.1 Å². The van der Waals surface area contributed by atoms with Gasteiger partial charge in [-0.25, -0.2) is 0 Å². The fourth-order valence-corrected chi connectivity index (χ4v) is 3.22. The Morgan fingerprint density at radius 3 is 2.82 bits per heavy atom. The largest absolute Gasteiger partial charge is 0.398 e. The first-order chi connectivity index (χ1) is 10.5. The van der Waals surface area contributed by atoms with Crippen molar-refractivity contribution in [3.05, 3.63) is 29.3 Å². The molecule has 1 aromatic rings. The molecule has 0 spiro atoms. The molecule has 3 N–H and O–H groups in total. The van der Waals surface area contributed by atoms with Crippen LogP contribution in [0.5, 0.6) is 0 Å². The maximum Gasteiger partial charge on any atom is 0.243 e. The number of carbonyl (C=O) groups excluding carboxylic acids is 4. The fraction of sp³-hybridized carbons (Fsp3) is 0.333. The van der Waals surface area contributed by atoms with E-state index >= 15 is 0 Å². The zero-order chi connectivity index (χ0) is 15.9. The predicted molar refractivity (Wildman–Crippen MR) is 76.4 cm³/mol. The summed E-state index contributed by atoms with van der Waals surface area (Å²) >= 11 is 0. The van der Waals surface area contributed by atoms with Gasteiger partial charge in [0.1, 0.15) is 6.04 Å². The molecule has 1 fully saturated rings. The normalized spacial score (nSPS) is 24.7. The van der Waals surface area contributed by atoms with E-state index in [4.69, 9.17) is 5.73 Å². The summed E-state index contributed by atoms with van der Waals surface area (Å²) in [5.74, 6) is -1.40. The number of amides is 2. The van der Waals surface area contributed by atoms with Crippen LogP contribution in [0.1, 0.15) is 30.0 Å². The van der Waals surface area contributed by atoms with Crippen LogP contribution in [0.25, 0.3) is 0 Å². The Morgan fingerprint density at radius 1 is 1.36 bits per heavy atom. The summed E-state index contributed by atoms with van der Waals surface area (Å²) in [6, 6.07) is 3.77. The van der Waals surface area contributed by atoms with Crippen LogP contribution in [0.3, 0.4) is 0 Å². The van der Waals surface area contributed by atoms with E-state index in [-0.39, 0.29) is 18.6 Å². The number of hydrogen-bond donors (Lipinski definition) is 2. The van der Waals surface area contributed by atoms with Crippen LogP contribution >= 0.6 is 0 Å². The van der Waals surface area contributed by atoms with Crippen LogP contribution in [0.2, 0.25) is 0 Å². The number of nitrogens with one attached hydrogen (secondary N) is 1. The molecule has 2 aliphatic heterocycles. The smallest absolute Gasteiger partial charge is 0.243 e. The van der Waals surface area contributed by atoms with Gasteiger partial charge in [0, 0.05) is 24.2 Å². The number of ketones is 1. The quantitative estimate of drug-likeness (QED) is 0.343. The molecular formula is C15H15N3O4. The summed E-state index contributed by atoms with van der Waals surface area (Å²) < 4.78 is 0. The van der Waals surface area contributed by atoms with Crippen LogP contribution in [0, 0.1) is 0 Å². The first-order valence-electron chi connectivity index (χ1n) is 6.98. The molecule has 0 saturated carbocycles. The molecule has 2 aliphatic rings. The highest BCUT2D eigenvalue weighted by atomic mass is 16.2. The third-order valence-corrected chi connectivity index (χ3v) is 4.18. The highest BCUT2D eigenvalue weighted by Crippen LogP contribution is 2.40. The summed E-state index contributed by atoms with van der Waals surface area (Å²) in [6.45, 7) is 0.344. The number of benzene rings is 1. The molecule has 3 rings (SSSR count). The highest BCUT2D eigenvalue weighted by molar-refractivity contribution is 6.28. The Hall–Kier alpha value is -2.54. The molecule has 2 atom stereocenters. The molecule has 0 aromatic heterocycles. The summed E-state index contributed by atoms with van der Waals surface area (Å²) in [5.41, 5.74) is 7.79. The molecule has 0 radical (unpaired) electrons. The minimum absolute atomic E-state index is 0.209. The summed E-state index contributed by atoms with van der Waals surface area (Å²) in [4.78, 5) is 48.1. The van der Waals surface area contributed by atoms with E-state index in [2.05, 4.69) is 5.32 Å². The zero-order valence-electron chi connectivity index (χ0n) is 11.7. The summed E-state index contributed by atoms with van der Waals surface area (Å²) in [6.07, 6.45) is 0.785.